The third-order valence-electron chi connectivity index (χ3n) is 3.63. The molecule has 0 spiro atoms. The molecule has 140 valence electrons. The maximum atomic E-state index is 11.5. The highest BCUT2D eigenvalue weighted by atomic mass is 32.2. The fraction of sp³-hybridized carbons (Fsp3) is 0.500. The smallest absolute Gasteiger partial charge is 0.263 e. The van der Waals surface area contributed by atoms with Crippen LogP contribution in [0, 0.1) is 16.7 Å². The van der Waals surface area contributed by atoms with E-state index in [0.717, 1.165) is 12.0 Å². The van der Waals surface area contributed by atoms with Gasteiger partial charge in [-0.3, -0.25) is 15.0 Å². The summed E-state index contributed by atoms with van der Waals surface area (Å²) in [5, 5.41) is 18.0. The summed E-state index contributed by atoms with van der Waals surface area (Å²) in [6, 6.07) is 2.23. The van der Waals surface area contributed by atoms with Crippen LogP contribution in [0.3, 0.4) is 0 Å². The SMILES string of the molecule is CC/C=C\C=C(/C)C(=S)SC(C)(C#N)CCC(=N)ON1C(=O)CCC1=O. The van der Waals surface area contributed by atoms with Gasteiger partial charge < -0.3 is 4.84 Å². The van der Waals surface area contributed by atoms with Crippen molar-refractivity contribution in [2.45, 2.75) is 57.6 Å². The first-order chi connectivity index (χ1) is 12.2. The molecule has 26 heavy (non-hydrogen) atoms. The molecule has 0 aromatic heterocycles. The van der Waals surface area contributed by atoms with Gasteiger partial charge in [-0.25, -0.2) is 0 Å². The number of hydrogen-bond donors (Lipinski definition) is 1. The van der Waals surface area contributed by atoms with Gasteiger partial charge in [0.1, 0.15) is 4.75 Å². The van der Waals surface area contributed by atoms with Crippen LogP contribution in [0.25, 0.3) is 0 Å². The topological polar surface area (TPSA) is 94.2 Å². The lowest BCUT2D eigenvalue weighted by Crippen LogP contribution is -2.32. The largest absolute Gasteiger partial charge is 0.354 e. The normalized spacial score (nSPS) is 17.3. The number of nitriles is 1. The number of amides is 2. The third kappa shape index (κ3) is 6.73. The summed E-state index contributed by atoms with van der Waals surface area (Å²) in [4.78, 5) is 28.0. The van der Waals surface area contributed by atoms with Crippen LogP contribution in [-0.4, -0.2) is 31.7 Å². The van der Waals surface area contributed by atoms with Gasteiger partial charge in [-0.15, -0.1) is 5.06 Å². The van der Waals surface area contributed by atoms with Gasteiger partial charge in [0, 0.05) is 19.3 Å². The predicted octanol–water partition coefficient (Wildman–Crippen LogP) is 4.08. The number of carbonyl (C=O) groups is 2. The van der Waals surface area contributed by atoms with Crippen molar-refractivity contribution < 1.29 is 14.4 Å². The second-order valence-electron chi connectivity index (χ2n) is 6.01. The lowest BCUT2D eigenvalue weighted by atomic mass is 10.1. The van der Waals surface area contributed by atoms with E-state index in [4.69, 9.17) is 22.5 Å². The number of rotatable bonds is 8. The number of thioether (sulfide) groups is 1. The van der Waals surface area contributed by atoms with E-state index in [2.05, 4.69) is 6.07 Å². The minimum atomic E-state index is -0.838. The average Bonchev–Trinajstić information content (AvgIpc) is 2.92. The molecule has 1 rings (SSSR count). The van der Waals surface area contributed by atoms with E-state index in [1.54, 1.807) is 6.92 Å². The molecule has 0 saturated carbocycles. The number of thiocarbonyl (C=S) groups is 1. The molecule has 1 atom stereocenters. The van der Waals surface area contributed by atoms with Gasteiger partial charge in [-0.05, 0) is 32.3 Å². The molecule has 1 heterocycles. The van der Waals surface area contributed by atoms with E-state index in [9.17, 15) is 14.9 Å². The summed E-state index contributed by atoms with van der Waals surface area (Å²) < 4.78 is -0.220. The number of nitrogens with one attached hydrogen (secondary N) is 1. The quantitative estimate of drug-likeness (QED) is 0.167. The van der Waals surface area contributed by atoms with Crippen molar-refractivity contribution in [2.24, 2.45) is 0 Å². The zero-order chi connectivity index (χ0) is 19.7. The Morgan fingerprint density at radius 3 is 2.62 bits per heavy atom. The van der Waals surface area contributed by atoms with Crippen LogP contribution in [0.1, 0.15) is 52.9 Å². The van der Waals surface area contributed by atoms with E-state index < -0.39 is 16.6 Å². The molecule has 1 unspecified atom stereocenters. The second-order valence-corrected chi connectivity index (χ2v) is 8.19. The molecule has 6 nitrogen and oxygen atoms in total. The van der Waals surface area contributed by atoms with E-state index in [1.165, 1.54) is 11.8 Å². The van der Waals surface area contributed by atoms with Gasteiger partial charge >= 0.3 is 0 Å². The van der Waals surface area contributed by atoms with E-state index in [-0.39, 0.29) is 25.2 Å². The van der Waals surface area contributed by atoms with Crippen LogP contribution >= 0.6 is 24.0 Å². The van der Waals surface area contributed by atoms with E-state index in [1.807, 2.05) is 32.1 Å². The number of allylic oxidation sites excluding steroid dienone is 3. The van der Waals surface area contributed by atoms with Crippen molar-refractivity contribution in [3.05, 3.63) is 23.8 Å². The summed E-state index contributed by atoms with van der Waals surface area (Å²) in [5.41, 5.74) is 0.899. The van der Waals surface area contributed by atoms with Crippen LogP contribution in [-0.2, 0) is 14.4 Å². The van der Waals surface area contributed by atoms with Gasteiger partial charge in [0.05, 0.1) is 10.3 Å². The molecule has 1 fully saturated rings. The number of hydrogen-bond acceptors (Lipinski definition) is 7. The highest BCUT2D eigenvalue weighted by molar-refractivity contribution is 8.24. The van der Waals surface area contributed by atoms with Crippen molar-refractivity contribution in [1.82, 2.24) is 5.06 Å². The fourth-order valence-corrected chi connectivity index (χ4v) is 3.50. The number of carbonyl (C=O) groups excluding carboxylic acids is 2. The number of imide groups is 1. The molecule has 0 radical (unpaired) electrons. The minimum absolute atomic E-state index is 0.101. The van der Waals surface area contributed by atoms with E-state index in [0.29, 0.717) is 15.7 Å². The maximum absolute atomic E-state index is 11.5. The molecule has 0 aromatic rings. The molecule has 0 aromatic carbocycles. The van der Waals surface area contributed by atoms with Crippen molar-refractivity contribution in [1.29, 1.82) is 10.7 Å². The average molecular weight is 394 g/mol. The lowest BCUT2D eigenvalue weighted by molar-refractivity contribution is -0.167. The van der Waals surface area contributed by atoms with Gasteiger partial charge in [-0.2, -0.15) is 5.26 Å². The van der Waals surface area contributed by atoms with Gasteiger partial charge in [0.2, 0.25) is 5.90 Å². The fourth-order valence-electron chi connectivity index (χ4n) is 2.00. The maximum Gasteiger partial charge on any atom is 0.263 e. The molecule has 0 bridgehead atoms. The molecule has 8 heteroatoms. The monoisotopic (exact) mass is 393 g/mol. The zero-order valence-electron chi connectivity index (χ0n) is 15.2. The molecule has 2 amide bonds. The first-order valence-electron chi connectivity index (χ1n) is 8.31. The summed E-state index contributed by atoms with van der Waals surface area (Å²) in [6.07, 6.45) is 7.42. The van der Waals surface area contributed by atoms with Gasteiger partial charge in [0.15, 0.2) is 0 Å². The summed E-state index contributed by atoms with van der Waals surface area (Å²) >= 11 is 6.66. The van der Waals surface area contributed by atoms with Gasteiger partial charge in [-0.1, -0.05) is 49.1 Å². The van der Waals surface area contributed by atoms with Crippen molar-refractivity contribution in [3.8, 4) is 6.07 Å². The van der Waals surface area contributed by atoms with Crippen molar-refractivity contribution in [3.63, 3.8) is 0 Å². The Hall–Kier alpha value is -1.98. The minimum Gasteiger partial charge on any atom is -0.354 e. The Morgan fingerprint density at radius 1 is 1.46 bits per heavy atom. The predicted molar refractivity (Wildman–Crippen MR) is 107 cm³/mol. The molecular weight excluding hydrogens is 370 g/mol. The standard InChI is InChI=1S/C18H23N3O3S2/c1-4-5-6-7-13(2)17(25)26-18(3,12-19)11-10-14(20)24-21-15(22)8-9-16(21)23/h5-7,20H,4,8-11H2,1-3H3/b6-5-,13-7+,20-14?. The highest BCUT2D eigenvalue weighted by Crippen LogP contribution is 2.33. The molecule has 1 aliphatic rings. The van der Waals surface area contributed by atoms with E-state index >= 15 is 0 Å². The summed E-state index contributed by atoms with van der Waals surface area (Å²) in [5.74, 6) is -1.11. The number of hydroxylamine groups is 2. The summed E-state index contributed by atoms with van der Waals surface area (Å²) in [6.45, 7) is 5.68. The van der Waals surface area contributed by atoms with Crippen molar-refractivity contribution >= 4 is 45.9 Å². The Balaban J connectivity index is 2.60. The molecule has 1 saturated heterocycles. The third-order valence-corrected chi connectivity index (χ3v) is 5.46. The highest BCUT2D eigenvalue weighted by Gasteiger charge is 2.33. The Labute approximate surface area is 163 Å². The molecule has 1 N–H and O–H groups in total. The van der Waals surface area contributed by atoms with Crippen LogP contribution in [0.4, 0.5) is 0 Å². The molecule has 1 aliphatic heterocycles. The first-order valence-corrected chi connectivity index (χ1v) is 9.54. The molecular formula is C18H23N3O3S2. The van der Waals surface area contributed by atoms with Crippen LogP contribution in [0.2, 0.25) is 0 Å². The Morgan fingerprint density at radius 2 is 2.08 bits per heavy atom. The lowest BCUT2D eigenvalue weighted by Gasteiger charge is -2.22. The van der Waals surface area contributed by atoms with Crippen LogP contribution < -0.4 is 0 Å². The second kappa shape index (κ2) is 10.2. The zero-order valence-corrected chi connectivity index (χ0v) is 16.8. The first kappa shape index (κ1) is 22.1. The molecule has 0 aliphatic carbocycles. The summed E-state index contributed by atoms with van der Waals surface area (Å²) in [7, 11) is 0. The van der Waals surface area contributed by atoms with Gasteiger partial charge in [0.25, 0.3) is 11.8 Å². The Bertz CT molecular complexity index is 678. The van der Waals surface area contributed by atoms with Crippen LogP contribution in [0.15, 0.2) is 23.8 Å². The number of nitrogens with zero attached hydrogens (tertiary/aromatic N) is 2. The van der Waals surface area contributed by atoms with Crippen LogP contribution in [0.5, 0.6) is 0 Å². The van der Waals surface area contributed by atoms with Crippen molar-refractivity contribution in [2.75, 3.05) is 0 Å². The Kier molecular flexibility index (Phi) is 8.69.